The van der Waals surface area contributed by atoms with E-state index in [2.05, 4.69) is 37.3 Å². The number of aromatic nitrogens is 1. The van der Waals surface area contributed by atoms with Gasteiger partial charge in [0.25, 0.3) is 0 Å². The van der Waals surface area contributed by atoms with Crippen molar-refractivity contribution in [2.45, 2.75) is 6.42 Å². The van der Waals surface area contributed by atoms with E-state index in [0.717, 1.165) is 16.7 Å². The Labute approximate surface area is 85.5 Å². The average molecular weight is 189 g/mol. The normalized spacial score (nSPS) is 20.3. The molecule has 0 N–H and O–H groups in total. The summed E-state index contributed by atoms with van der Waals surface area (Å²) in [6.07, 6.45) is 5.36. The van der Waals surface area contributed by atoms with Crippen molar-refractivity contribution in [3.05, 3.63) is 36.2 Å². The molecule has 1 aliphatic heterocycles. The summed E-state index contributed by atoms with van der Waals surface area (Å²) in [5.41, 5.74) is 2.53. The average Bonchev–Trinajstić information content (AvgIpc) is 2.18. The second kappa shape index (κ2) is 3.54. The molecule has 2 heteroatoms. The van der Waals surface area contributed by atoms with E-state index in [0.29, 0.717) is 0 Å². The van der Waals surface area contributed by atoms with E-state index < -0.39 is 0 Å². The molecule has 0 amide bonds. The van der Waals surface area contributed by atoms with Gasteiger partial charge >= 0.3 is 0 Å². The Morgan fingerprint density at radius 2 is 2.14 bits per heavy atom. The van der Waals surface area contributed by atoms with Crippen LogP contribution in [0.2, 0.25) is 0 Å². The van der Waals surface area contributed by atoms with Crippen LogP contribution < -0.4 is 0 Å². The van der Waals surface area contributed by atoms with E-state index in [-0.39, 0.29) is 0 Å². The van der Waals surface area contributed by atoms with Gasteiger partial charge in [-0.05, 0) is 12.1 Å². The van der Waals surface area contributed by atoms with Crippen molar-refractivity contribution in [1.29, 1.82) is 0 Å². The van der Waals surface area contributed by atoms with Crippen molar-refractivity contribution in [3.8, 4) is 0 Å². The Bertz CT molecular complexity index is 339. The van der Waals surface area contributed by atoms with Crippen LogP contribution in [0.25, 0.3) is 5.57 Å². The third-order valence-corrected chi connectivity index (χ3v) is 2.72. The Morgan fingerprint density at radius 1 is 1.29 bits per heavy atom. The van der Waals surface area contributed by atoms with Gasteiger partial charge in [-0.3, -0.25) is 4.98 Å². The van der Waals surface area contributed by atoms with Gasteiger partial charge in [-0.2, -0.15) is 0 Å². The molecule has 1 aromatic rings. The second-order valence-electron chi connectivity index (χ2n) is 4.55. The molecule has 0 bridgehead atoms. The van der Waals surface area contributed by atoms with Crippen LogP contribution in [0.5, 0.6) is 0 Å². The van der Waals surface area contributed by atoms with Crippen LogP contribution in [0.15, 0.2) is 30.5 Å². The van der Waals surface area contributed by atoms with Gasteiger partial charge in [-0.15, -0.1) is 0 Å². The van der Waals surface area contributed by atoms with Crippen LogP contribution >= 0.6 is 0 Å². The van der Waals surface area contributed by atoms with Gasteiger partial charge in [0.2, 0.25) is 0 Å². The molecule has 1 aliphatic rings. The molecule has 0 spiro atoms. The van der Waals surface area contributed by atoms with Crippen LogP contribution in [0.1, 0.15) is 12.1 Å². The number of quaternary nitrogens is 1. The number of hydrogen-bond acceptors (Lipinski definition) is 1. The molecule has 0 saturated heterocycles. The fourth-order valence-electron chi connectivity index (χ4n) is 1.93. The third-order valence-electron chi connectivity index (χ3n) is 2.72. The molecule has 0 fully saturated rings. The molecular weight excluding hydrogens is 172 g/mol. The maximum absolute atomic E-state index is 4.39. The van der Waals surface area contributed by atoms with Crippen LogP contribution in [0.3, 0.4) is 0 Å². The molecule has 74 valence electrons. The van der Waals surface area contributed by atoms with Crippen molar-refractivity contribution in [2.24, 2.45) is 0 Å². The lowest BCUT2D eigenvalue weighted by molar-refractivity contribution is -0.883. The predicted molar refractivity (Wildman–Crippen MR) is 58.7 cm³/mol. The van der Waals surface area contributed by atoms with Crippen LogP contribution in [-0.2, 0) is 0 Å². The lowest BCUT2D eigenvalue weighted by Gasteiger charge is -2.33. The zero-order valence-electron chi connectivity index (χ0n) is 8.90. The predicted octanol–water partition coefficient (Wildman–Crippen LogP) is 1.95. The molecule has 1 aromatic heterocycles. The number of nitrogens with zero attached hydrogens (tertiary/aromatic N) is 2. The monoisotopic (exact) mass is 189 g/mol. The summed E-state index contributed by atoms with van der Waals surface area (Å²) < 4.78 is 1.07. The SMILES string of the molecule is C[N+]1(C)CCC=C(c2ccccn2)C1. The van der Waals surface area contributed by atoms with Crippen LogP contribution in [0.4, 0.5) is 0 Å². The molecule has 0 aromatic carbocycles. The van der Waals surface area contributed by atoms with Gasteiger partial charge in [-0.25, -0.2) is 0 Å². The van der Waals surface area contributed by atoms with Crippen molar-refractivity contribution in [1.82, 2.24) is 4.98 Å². The maximum Gasteiger partial charge on any atom is 0.106 e. The second-order valence-corrected chi connectivity index (χ2v) is 4.55. The minimum absolute atomic E-state index is 1.07. The molecule has 14 heavy (non-hydrogen) atoms. The molecule has 0 unspecified atom stereocenters. The Hall–Kier alpha value is -1.15. The molecule has 0 aliphatic carbocycles. The van der Waals surface area contributed by atoms with Gasteiger partial charge in [0.05, 0.1) is 26.3 Å². The maximum atomic E-state index is 4.39. The minimum atomic E-state index is 1.07. The highest BCUT2D eigenvalue weighted by atomic mass is 15.3. The van der Waals surface area contributed by atoms with Gasteiger partial charge in [-0.1, -0.05) is 12.1 Å². The standard InChI is InChI=1S/C12H17N2/c1-14(2)9-5-6-11(10-14)12-7-3-4-8-13-12/h3-4,6-8H,5,9-10H2,1-2H3/q+1. The quantitative estimate of drug-likeness (QED) is 0.615. The van der Waals surface area contributed by atoms with E-state index in [4.69, 9.17) is 0 Å². The number of likely N-dealkylation sites (N-methyl/N-ethyl adjacent to an activating group) is 1. The van der Waals surface area contributed by atoms with Crippen molar-refractivity contribution in [3.63, 3.8) is 0 Å². The zero-order valence-corrected chi connectivity index (χ0v) is 8.90. The van der Waals surface area contributed by atoms with Crippen molar-refractivity contribution in [2.75, 3.05) is 27.2 Å². The van der Waals surface area contributed by atoms with Crippen molar-refractivity contribution >= 4 is 5.57 Å². The smallest absolute Gasteiger partial charge is 0.106 e. The summed E-state index contributed by atoms with van der Waals surface area (Å²) in [5, 5.41) is 0. The van der Waals surface area contributed by atoms with E-state index in [1.807, 2.05) is 12.3 Å². The van der Waals surface area contributed by atoms with Crippen LogP contribution in [0, 0.1) is 0 Å². The topological polar surface area (TPSA) is 12.9 Å². The number of hydrogen-bond donors (Lipinski definition) is 0. The Morgan fingerprint density at radius 3 is 2.79 bits per heavy atom. The summed E-state index contributed by atoms with van der Waals surface area (Å²) in [7, 11) is 4.55. The van der Waals surface area contributed by atoms with E-state index in [1.165, 1.54) is 18.5 Å². The highest BCUT2D eigenvalue weighted by Gasteiger charge is 2.22. The molecule has 0 radical (unpaired) electrons. The minimum Gasteiger partial charge on any atom is -0.324 e. The first-order chi connectivity index (χ1) is 6.67. The van der Waals surface area contributed by atoms with Gasteiger partial charge in [0.15, 0.2) is 0 Å². The first-order valence-corrected chi connectivity index (χ1v) is 5.10. The summed E-state index contributed by atoms with van der Waals surface area (Å²) in [4.78, 5) is 4.39. The highest BCUT2D eigenvalue weighted by molar-refractivity contribution is 5.63. The molecule has 0 saturated carbocycles. The number of pyridine rings is 1. The number of rotatable bonds is 1. The van der Waals surface area contributed by atoms with Crippen molar-refractivity contribution < 1.29 is 4.48 Å². The largest absolute Gasteiger partial charge is 0.324 e. The molecule has 2 rings (SSSR count). The fourth-order valence-corrected chi connectivity index (χ4v) is 1.93. The third kappa shape index (κ3) is 2.02. The molecular formula is C12H17N2+. The van der Waals surface area contributed by atoms with Gasteiger partial charge in [0, 0.05) is 18.2 Å². The summed E-state index contributed by atoms with van der Waals surface area (Å²) in [5.74, 6) is 0. The summed E-state index contributed by atoms with van der Waals surface area (Å²) >= 11 is 0. The highest BCUT2D eigenvalue weighted by Crippen LogP contribution is 2.21. The van der Waals surface area contributed by atoms with Gasteiger partial charge < -0.3 is 4.48 Å². The van der Waals surface area contributed by atoms with E-state index in [9.17, 15) is 0 Å². The lowest BCUT2D eigenvalue weighted by atomic mass is 10.0. The van der Waals surface area contributed by atoms with E-state index in [1.54, 1.807) is 0 Å². The Balaban J connectivity index is 2.24. The van der Waals surface area contributed by atoms with Gasteiger partial charge in [0.1, 0.15) is 6.54 Å². The fraction of sp³-hybridized carbons (Fsp3) is 0.417. The first-order valence-electron chi connectivity index (χ1n) is 5.10. The zero-order chi connectivity index (χ0) is 10.0. The summed E-state index contributed by atoms with van der Waals surface area (Å²) in [6, 6.07) is 6.11. The first kappa shape index (κ1) is 9.41. The van der Waals surface area contributed by atoms with E-state index >= 15 is 0 Å². The van der Waals surface area contributed by atoms with Crippen LogP contribution in [-0.4, -0.2) is 36.7 Å². The summed E-state index contributed by atoms with van der Waals surface area (Å²) in [6.45, 7) is 2.33. The molecule has 2 nitrogen and oxygen atoms in total. The lowest BCUT2D eigenvalue weighted by Crippen LogP contribution is -2.43. The molecule has 0 atom stereocenters. The molecule has 2 heterocycles. The Kier molecular flexibility index (Phi) is 2.38.